The number of hydrogen-bond donors (Lipinski definition) is 0. The van der Waals surface area contributed by atoms with Gasteiger partial charge in [0.25, 0.3) is 0 Å². The molecule has 0 aliphatic carbocycles. The Bertz CT molecular complexity index is 837. The van der Waals surface area contributed by atoms with E-state index in [0.717, 1.165) is 34.2 Å². The number of fused-ring (bicyclic) bond motifs is 2. The van der Waals surface area contributed by atoms with Gasteiger partial charge in [-0.2, -0.15) is 0 Å². The van der Waals surface area contributed by atoms with Crippen LogP contribution in [0.4, 0.5) is 0 Å². The number of ether oxygens (including phenoxy) is 1. The molecule has 3 heteroatoms. The van der Waals surface area contributed by atoms with E-state index in [2.05, 4.69) is 32.1 Å². The van der Waals surface area contributed by atoms with Crippen molar-refractivity contribution in [2.24, 2.45) is 5.92 Å². The molecule has 0 saturated heterocycles. The maximum atomic E-state index is 5.38. The summed E-state index contributed by atoms with van der Waals surface area (Å²) >= 11 is 0. The SMILES string of the molecule is COc1cccc2nc3c(CC=CC(C)C)cccc3nc12. The van der Waals surface area contributed by atoms with Gasteiger partial charge < -0.3 is 4.74 Å². The van der Waals surface area contributed by atoms with E-state index in [9.17, 15) is 0 Å². The number of benzene rings is 2. The van der Waals surface area contributed by atoms with Crippen LogP contribution < -0.4 is 4.74 Å². The molecular formula is C19H20N2O. The molecule has 112 valence electrons. The van der Waals surface area contributed by atoms with Crippen molar-refractivity contribution in [2.45, 2.75) is 20.3 Å². The Balaban J connectivity index is 2.14. The zero-order chi connectivity index (χ0) is 15.5. The van der Waals surface area contributed by atoms with Crippen LogP contribution in [0.15, 0.2) is 48.6 Å². The van der Waals surface area contributed by atoms with Gasteiger partial charge in [-0.05, 0) is 36.1 Å². The van der Waals surface area contributed by atoms with Crippen molar-refractivity contribution in [1.29, 1.82) is 0 Å². The Hall–Kier alpha value is -2.42. The zero-order valence-corrected chi connectivity index (χ0v) is 13.2. The third-order valence-corrected chi connectivity index (χ3v) is 3.62. The van der Waals surface area contributed by atoms with Gasteiger partial charge in [0, 0.05) is 0 Å². The van der Waals surface area contributed by atoms with Gasteiger partial charge in [-0.1, -0.05) is 44.2 Å². The van der Waals surface area contributed by atoms with Crippen LogP contribution in [-0.2, 0) is 6.42 Å². The summed E-state index contributed by atoms with van der Waals surface area (Å²) in [6.45, 7) is 4.36. The molecule has 3 nitrogen and oxygen atoms in total. The minimum atomic E-state index is 0.561. The quantitative estimate of drug-likeness (QED) is 0.523. The molecule has 0 radical (unpaired) electrons. The van der Waals surface area contributed by atoms with Gasteiger partial charge in [0.05, 0.1) is 23.7 Å². The van der Waals surface area contributed by atoms with E-state index in [-0.39, 0.29) is 0 Å². The normalized spacial score (nSPS) is 11.8. The van der Waals surface area contributed by atoms with Gasteiger partial charge in [-0.3, -0.25) is 0 Å². The van der Waals surface area contributed by atoms with Crippen LogP contribution >= 0.6 is 0 Å². The fourth-order valence-corrected chi connectivity index (χ4v) is 2.55. The van der Waals surface area contributed by atoms with Gasteiger partial charge in [-0.15, -0.1) is 0 Å². The van der Waals surface area contributed by atoms with Crippen molar-refractivity contribution in [3.63, 3.8) is 0 Å². The minimum Gasteiger partial charge on any atom is -0.494 e. The van der Waals surface area contributed by atoms with Gasteiger partial charge in [0.15, 0.2) is 0 Å². The lowest BCUT2D eigenvalue weighted by Crippen LogP contribution is -1.94. The molecule has 1 heterocycles. The lowest BCUT2D eigenvalue weighted by Gasteiger charge is -2.08. The minimum absolute atomic E-state index is 0.561. The highest BCUT2D eigenvalue weighted by molar-refractivity contribution is 5.90. The molecule has 0 fully saturated rings. The Morgan fingerprint density at radius 2 is 1.68 bits per heavy atom. The molecule has 0 N–H and O–H groups in total. The van der Waals surface area contributed by atoms with Crippen LogP contribution in [0, 0.1) is 5.92 Å². The number of aromatic nitrogens is 2. The first kappa shape index (κ1) is 14.5. The van der Waals surface area contributed by atoms with Gasteiger partial charge in [0.2, 0.25) is 0 Å². The van der Waals surface area contributed by atoms with Gasteiger partial charge in [0.1, 0.15) is 11.3 Å². The molecule has 1 aromatic heterocycles. The summed E-state index contributed by atoms with van der Waals surface area (Å²) in [7, 11) is 1.66. The summed E-state index contributed by atoms with van der Waals surface area (Å²) < 4.78 is 5.38. The lowest BCUT2D eigenvalue weighted by molar-refractivity contribution is 0.419. The molecule has 3 aromatic rings. The first-order valence-electron chi connectivity index (χ1n) is 7.58. The second-order valence-corrected chi connectivity index (χ2v) is 5.71. The van der Waals surface area contributed by atoms with Crippen molar-refractivity contribution in [1.82, 2.24) is 9.97 Å². The predicted molar refractivity (Wildman–Crippen MR) is 91.3 cm³/mol. The molecule has 0 aliphatic rings. The number of allylic oxidation sites excluding steroid dienone is 2. The Morgan fingerprint density at radius 1 is 1.00 bits per heavy atom. The first-order valence-corrected chi connectivity index (χ1v) is 7.58. The number of methoxy groups -OCH3 is 1. The van der Waals surface area contributed by atoms with Gasteiger partial charge >= 0.3 is 0 Å². The standard InChI is InChI=1S/C19H20N2O/c1-13(2)7-4-8-14-9-5-10-15-18(14)20-16-11-6-12-17(22-3)19(16)21-15/h4-7,9-13H,8H2,1-3H3. The Morgan fingerprint density at radius 3 is 2.41 bits per heavy atom. The van der Waals surface area contributed by atoms with E-state index in [1.54, 1.807) is 7.11 Å². The number of para-hydroxylation sites is 2. The van der Waals surface area contributed by atoms with Crippen LogP contribution in [0.3, 0.4) is 0 Å². The van der Waals surface area contributed by atoms with Crippen LogP contribution in [0.1, 0.15) is 19.4 Å². The largest absolute Gasteiger partial charge is 0.494 e. The molecule has 0 amide bonds. The van der Waals surface area contributed by atoms with E-state index >= 15 is 0 Å². The predicted octanol–water partition coefficient (Wildman–Crippen LogP) is 4.55. The first-order chi connectivity index (χ1) is 10.7. The highest BCUT2D eigenvalue weighted by Crippen LogP contribution is 2.26. The summed E-state index contributed by atoms with van der Waals surface area (Å²) in [5.74, 6) is 1.32. The molecule has 0 aliphatic heterocycles. The molecule has 0 unspecified atom stereocenters. The zero-order valence-electron chi connectivity index (χ0n) is 13.2. The summed E-state index contributed by atoms with van der Waals surface area (Å²) in [6, 6.07) is 12.0. The average molecular weight is 292 g/mol. The van der Waals surface area contributed by atoms with Crippen molar-refractivity contribution in [2.75, 3.05) is 7.11 Å². The molecular weight excluding hydrogens is 272 g/mol. The van der Waals surface area contributed by atoms with Crippen LogP contribution in [0.5, 0.6) is 5.75 Å². The van der Waals surface area contributed by atoms with Crippen LogP contribution in [0.25, 0.3) is 22.1 Å². The second kappa shape index (κ2) is 6.14. The maximum absolute atomic E-state index is 5.38. The third kappa shape index (κ3) is 2.80. The van der Waals surface area contributed by atoms with E-state index in [4.69, 9.17) is 14.7 Å². The maximum Gasteiger partial charge on any atom is 0.146 e. The molecule has 0 atom stereocenters. The number of nitrogens with zero attached hydrogens (tertiary/aromatic N) is 2. The van der Waals surface area contributed by atoms with E-state index in [0.29, 0.717) is 5.92 Å². The third-order valence-electron chi connectivity index (χ3n) is 3.62. The van der Waals surface area contributed by atoms with Crippen LogP contribution in [-0.4, -0.2) is 17.1 Å². The molecule has 0 spiro atoms. The smallest absolute Gasteiger partial charge is 0.146 e. The Labute approximate surface area is 130 Å². The van der Waals surface area contributed by atoms with Crippen molar-refractivity contribution < 1.29 is 4.74 Å². The average Bonchev–Trinajstić information content (AvgIpc) is 2.52. The summed E-state index contributed by atoms with van der Waals surface area (Å²) in [5, 5.41) is 0. The molecule has 0 saturated carbocycles. The summed E-state index contributed by atoms with van der Waals surface area (Å²) in [5.41, 5.74) is 4.76. The molecule has 2 aromatic carbocycles. The summed E-state index contributed by atoms with van der Waals surface area (Å²) in [4.78, 5) is 9.55. The number of hydrogen-bond acceptors (Lipinski definition) is 3. The molecule has 22 heavy (non-hydrogen) atoms. The fraction of sp³-hybridized carbons (Fsp3) is 0.263. The van der Waals surface area contributed by atoms with E-state index in [1.807, 2.05) is 30.3 Å². The molecule has 0 bridgehead atoms. The second-order valence-electron chi connectivity index (χ2n) is 5.71. The van der Waals surface area contributed by atoms with Gasteiger partial charge in [-0.25, -0.2) is 9.97 Å². The monoisotopic (exact) mass is 292 g/mol. The van der Waals surface area contributed by atoms with Crippen molar-refractivity contribution in [3.05, 3.63) is 54.1 Å². The number of rotatable bonds is 4. The van der Waals surface area contributed by atoms with E-state index < -0.39 is 0 Å². The lowest BCUT2D eigenvalue weighted by atomic mass is 10.1. The van der Waals surface area contributed by atoms with Crippen molar-refractivity contribution in [3.8, 4) is 5.75 Å². The highest BCUT2D eigenvalue weighted by atomic mass is 16.5. The fourth-order valence-electron chi connectivity index (χ4n) is 2.55. The van der Waals surface area contributed by atoms with Crippen molar-refractivity contribution >= 4 is 22.1 Å². The summed E-state index contributed by atoms with van der Waals surface area (Å²) in [6.07, 6.45) is 5.30. The Kier molecular flexibility index (Phi) is 4.05. The highest BCUT2D eigenvalue weighted by Gasteiger charge is 2.08. The topological polar surface area (TPSA) is 35.0 Å². The van der Waals surface area contributed by atoms with E-state index in [1.165, 1.54) is 5.56 Å². The van der Waals surface area contributed by atoms with Crippen LogP contribution in [0.2, 0.25) is 0 Å². The molecule has 3 rings (SSSR count).